The summed E-state index contributed by atoms with van der Waals surface area (Å²) in [6, 6.07) is 5.43. The Morgan fingerprint density at radius 1 is 1.43 bits per heavy atom. The Balaban J connectivity index is 2.61. The van der Waals surface area contributed by atoms with E-state index in [2.05, 4.69) is 5.32 Å². The summed E-state index contributed by atoms with van der Waals surface area (Å²) in [5, 5.41) is 2.74. The van der Waals surface area contributed by atoms with E-state index in [1.807, 2.05) is 19.1 Å². The van der Waals surface area contributed by atoms with Gasteiger partial charge in [-0.25, -0.2) is 0 Å². The Kier molecular flexibility index (Phi) is 1.88. The van der Waals surface area contributed by atoms with Crippen LogP contribution < -0.4 is 5.32 Å². The van der Waals surface area contributed by atoms with E-state index < -0.39 is 0 Å². The van der Waals surface area contributed by atoms with Gasteiger partial charge in [0.15, 0.2) is 5.78 Å². The number of carbonyl (C=O) groups excluding carboxylic acids is 2. The van der Waals surface area contributed by atoms with Gasteiger partial charge in [-0.1, -0.05) is 12.1 Å². The highest BCUT2D eigenvalue weighted by molar-refractivity contribution is 6.10. The normalized spacial score (nSPS) is 19.0. The van der Waals surface area contributed by atoms with Crippen LogP contribution in [0.2, 0.25) is 0 Å². The van der Waals surface area contributed by atoms with Gasteiger partial charge in [-0.2, -0.15) is 0 Å². The average molecular weight is 189 g/mol. The molecule has 1 amide bonds. The number of nitrogens with one attached hydrogen (secondary N) is 1. The minimum Gasteiger partial charge on any atom is -0.325 e. The van der Waals surface area contributed by atoms with Crippen LogP contribution in [-0.2, 0) is 4.79 Å². The summed E-state index contributed by atoms with van der Waals surface area (Å²) < 4.78 is 0. The monoisotopic (exact) mass is 189 g/mol. The minimum atomic E-state index is -0.149. The molecule has 3 nitrogen and oxygen atoms in total. The largest absolute Gasteiger partial charge is 0.325 e. The number of para-hydroxylation sites is 1. The molecule has 1 aliphatic heterocycles. The second kappa shape index (κ2) is 2.94. The Morgan fingerprint density at radius 3 is 2.79 bits per heavy atom. The number of benzene rings is 1. The summed E-state index contributed by atoms with van der Waals surface area (Å²) in [5.74, 6) is -0.200. The van der Waals surface area contributed by atoms with Gasteiger partial charge >= 0.3 is 0 Å². The van der Waals surface area contributed by atoms with Crippen LogP contribution in [0, 0.1) is 0 Å². The molecule has 1 aromatic rings. The molecule has 1 heterocycles. The fraction of sp³-hybridized carbons (Fsp3) is 0.273. The van der Waals surface area contributed by atoms with E-state index in [-0.39, 0.29) is 17.6 Å². The summed E-state index contributed by atoms with van der Waals surface area (Å²) in [7, 11) is 0. The van der Waals surface area contributed by atoms with E-state index in [1.165, 1.54) is 6.92 Å². The van der Waals surface area contributed by atoms with Crippen LogP contribution in [0.4, 0.5) is 5.69 Å². The quantitative estimate of drug-likeness (QED) is 0.686. The van der Waals surface area contributed by atoms with Gasteiger partial charge in [0.05, 0.1) is 11.6 Å². The minimum absolute atomic E-state index is 0.0174. The first-order valence-electron chi connectivity index (χ1n) is 4.56. The third-order valence-electron chi connectivity index (χ3n) is 2.58. The molecule has 0 radical (unpaired) electrons. The molecule has 0 spiro atoms. The predicted octanol–water partition coefficient (Wildman–Crippen LogP) is 1.94. The summed E-state index contributed by atoms with van der Waals surface area (Å²) in [4.78, 5) is 22.7. The Labute approximate surface area is 82.1 Å². The zero-order valence-electron chi connectivity index (χ0n) is 8.13. The Bertz CT molecular complexity index is 423. The number of ketones is 1. The number of anilines is 1. The van der Waals surface area contributed by atoms with Gasteiger partial charge in [0.25, 0.3) is 0 Å². The fourth-order valence-corrected chi connectivity index (χ4v) is 1.74. The van der Waals surface area contributed by atoms with E-state index in [1.54, 1.807) is 6.07 Å². The topological polar surface area (TPSA) is 46.2 Å². The van der Waals surface area contributed by atoms with E-state index >= 15 is 0 Å². The van der Waals surface area contributed by atoms with Crippen LogP contribution in [-0.4, -0.2) is 11.7 Å². The Hall–Kier alpha value is -1.64. The highest BCUT2D eigenvalue weighted by Gasteiger charge is 2.28. The molecule has 0 saturated heterocycles. The number of fused-ring (bicyclic) bond motifs is 1. The lowest BCUT2D eigenvalue weighted by atomic mass is 9.99. The predicted molar refractivity (Wildman–Crippen MR) is 53.5 cm³/mol. The molecule has 72 valence electrons. The lowest BCUT2D eigenvalue weighted by Crippen LogP contribution is -2.09. The molecular weight excluding hydrogens is 178 g/mol. The third-order valence-corrected chi connectivity index (χ3v) is 2.58. The molecule has 1 N–H and O–H groups in total. The maximum absolute atomic E-state index is 11.4. The van der Waals surface area contributed by atoms with Gasteiger partial charge in [0.2, 0.25) is 5.91 Å². The molecule has 1 aromatic carbocycles. The van der Waals surface area contributed by atoms with Crippen molar-refractivity contribution in [3.8, 4) is 0 Å². The van der Waals surface area contributed by atoms with Crippen molar-refractivity contribution in [3.05, 3.63) is 29.3 Å². The van der Waals surface area contributed by atoms with Crippen molar-refractivity contribution in [2.45, 2.75) is 19.8 Å². The number of hydrogen-bond donors (Lipinski definition) is 1. The molecule has 1 aliphatic rings. The first-order valence-corrected chi connectivity index (χ1v) is 4.56. The molecule has 0 saturated carbocycles. The van der Waals surface area contributed by atoms with Crippen molar-refractivity contribution in [2.24, 2.45) is 0 Å². The van der Waals surface area contributed by atoms with E-state index in [4.69, 9.17) is 0 Å². The van der Waals surface area contributed by atoms with E-state index in [9.17, 15) is 9.59 Å². The van der Waals surface area contributed by atoms with Gasteiger partial charge in [0.1, 0.15) is 0 Å². The second-order valence-corrected chi connectivity index (χ2v) is 3.54. The van der Waals surface area contributed by atoms with Crippen molar-refractivity contribution in [2.75, 3.05) is 5.32 Å². The van der Waals surface area contributed by atoms with Crippen LogP contribution in [0.25, 0.3) is 0 Å². The first-order chi connectivity index (χ1) is 6.61. The van der Waals surface area contributed by atoms with Gasteiger partial charge in [-0.3, -0.25) is 9.59 Å². The molecular formula is C11H11NO2. The van der Waals surface area contributed by atoms with Crippen LogP contribution >= 0.6 is 0 Å². The van der Waals surface area contributed by atoms with Crippen molar-refractivity contribution >= 4 is 17.4 Å². The molecule has 2 rings (SSSR count). The van der Waals surface area contributed by atoms with Crippen molar-refractivity contribution in [1.29, 1.82) is 0 Å². The molecule has 0 fully saturated rings. The van der Waals surface area contributed by atoms with Crippen molar-refractivity contribution in [1.82, 2.24) is 0 Å². The molecule has 1 unspecified atom stereocenters. The maximum atomic E-state index is 11.4. The van der Waals surface area contributed by atoms with Gasteiger partial charge in [0, 0.05) is 5.56 Å². The summed E-state index contributed by atoms with van der Waals surface area (Å²) in [6.45, 7) is 3.34. The maximum Gasteiger partial charge on any atom is 0.231 e. The molecule has 1 atom stereocenters. The molecule has 14 heavy (non-hydrogen) atoms. The third kappa shape index (κ3) is 1.13. The summed E-state index contributed by atoms with van der Waals surface area (Å²) in [5.41, 5.74) is 2.21. The molecule has 0 bridgehead atoms. The smallest absolute Gasteiger partial charge is 0.231 e. The number of hydrogen-bond acceptors (Lipinski definition) is 2. The van der Waals surface area contributed by atoms with Crippen molar-refractivity contribution < 1.29 is 9.59 Å². The average Bonchev–Trinajstić information content (AvgIpc) is 2.43. The van der Waals surface area contributed by atoms with Crippen LogP contribution in [0.5, 0.6) is 0 Å². The molecule has 0 aliphatic carbocycles. The van der Waals surface area contributed by atoms with Crippen LogP contribution in [0.3, 0.4) is 0 Å². The molecule has 0 aromatic heterocycles. The number of rotatable bonds is 1. The van der Waals surface area contributed by atoms with Crippen LogP contribution in [0.1, 0.15) is 35.7 Å². The lowest BCUT2D eigenvalue weighted by molar-refractivity contribution is -0.116. The van der Waals surface area contributed by atoms with Crippen molar-refractivity contribution in [3.63, 3.8) is 0 Å². The number of carbonyl (C=O) groups is 2. The lowest BCUT2D eigenvalue weighted by Gasteiger charge is -2.04. The standard InChI is InChI=1S/C11H11NO2/c1-6-8-4-3-5-9(7(2)13)10(8)12-11(6)14/h3-6H,1-2H3,(H,12,14). The van der Waals surface area contributed by atoms with Gasteiger partial charge in [-0.15, -0.1) is 0 Å². The molecule has 3 heteroatoms. The van der Waals surface area contributed by atoms with E-state index in [0.717, 1.165) is 5.56 Å². The zero-order chi connectivity index (χ0) is 10.3. The Morgan fingerprint density at radius 2 is 2.14 bits per heavy atom. The number of amides is 1. The van der Waals surface area contributed by atoms with Gasteiger partial charge in [-0.05, 0) is 25.5 Å². The number of Topliss-reactive ketones (excluding diaryl/α,β-unsaturated/α-hetero) is 1. The van der Waals surface area contributed by atoms with Gasteiger partial charge < -0.3 is 5.32 Å². The SMILES string of the molecule is CC(=O)c1cccc2c1NC(=O)C2C. The fourth-order valence-electron chi connectivity index (χ4n) is 1.74. The second-order valence-electron chi connectivity index (χ2n) is 3.54. The summed E-state index contributed by atoms with van der Waals surface area (Å²) in [6.07, 6.45) is 0. The van der Waals surface area contributed by atoms with E-state index in [0.29, 0.717) is 11.3 Å². The summed E-state index contributed by atoms with van der Waals surface area (Å²) >= 11 is 0. The highest BCUT2D eigenvalue weighted by atomic mass is 16.2. The first kappa shape index (κ1) is 8.94. The van der Waals surface area contributed by atoms with Crippen LogP contribution in [0.15, 0.2) is 18.2 Å². The zero-order valence-corrected chi connectivity index (χ0v) is 8.13. The highest BCUT2D eigenvalue weighted by Crippen LogP contribution is 2.34.